The average Bonchev–Trinajstić information content (AvgIpc) is 2.87. The minimum absolute atomic E-state index is 0.656. The second-order valence-corrected chi connectivity index (χ2v) is 3.03. The zero-order valence-electron chi connectivity index (χ0n) is 7.92. The van der Waals surface area contributed by atoms with Crippen LogP contribution in [0.2, 0.25) is 0 Å². The number of aliphatic hydroxyl groups excluding tert-OH is 1. The minimum Gasteiger partial charge on any atom is -0.472 e. The summed E-state index contributed by atoms with van der Waals surface area (Å²) in [6.07, 6.45) is 4.11. The molecule has 0 spiro atoms. The molecule has 4 heteroatoms. The highest BCUT2D eigenvalue weighted by molar-refractivity contribution is 5.21. The molecule has 2 aromatic rings. The van der Waals surface area contributed by atoms with E-state index in [4.69, 9.17) is 4.42 Å². The Morgan fingerprint density at radius 1 is 1.57 bits per heavy atom. The Balaban J connectivity index is 2.31. The summed E-state index contributed by atoms with van der Waals surface area (Å²) < 4.78 is 6.68. The second kappa shape index (κ2) is 3.67. The number of rotatable bonds is 3. The predicted molar refractivity (Wildman–Crippen MR) is 50.7 cm³/mol. The third-order valence-corrected chi connectivity index (χ3v) is 2.19. The van der Waals surface area contributed by atoms with E-state index in [-0.39, 0.29) is 0 Å². The van der Waals surface area contributed by atoms with Crippen LogP contribution < -0.4 is 0 Å². The first-order chi connectivity index (χ1) is 6.83. The summed E-state index contributed by atoms with van der Waals surface area (Å²) >= 11 is 0. The molecule has 0 saturated carbocycles. The molecule has 14 heavy (non-hydrogen) atoms. The summed E-state index contributed by atoms with van der Waals surface area (Å²) in [4.78, 5) is 0. The van der Waals surface area contributed by atoms with E-state index in [1.165, 1.54) is 6.26 Å². The van der Waals surface area contributed by atoms with Crippen molar-refractivity contribution >= 4 is 0 Å². The lowest BCUT2D eigenvalue weighted by Gasteiger charge is -2.09. The molecule has 0 aliphatic rings. The first kappa shape index (κ1) is 9.02. The van der Waals surface area contributed by atoms with Crippen molar-refractivity contribution in [2.75, 3.05) is 0 Å². The highest BCUT2D eigenvalue weighted by Crippen LogP contribution is 2.21. The van der Waals surface area contributed by atoms with Gasteiger partial charge >= 0.3 is 0 Å². The van der Waals surface area contributed by atoms with Crippen molar-refractivity contribution in [2.45, 2.75) is 19.6 Å². The fourth-order valence-corrected chi connectivity index (χ4v) is 1.44. The first-order valence-electron chi connectivity index (χ1n) is 4.54. The number of furan rings is 1. The van der Waals surface area contributed by atoms with Crippen LogP contribution in [-0.4, -0.2) is 14.9 Å². The molecular formula is C10H12N2O2. The van der Waals surface area contributed by atoms with Gasteiger partial charge in [0.1, 0.15) is 6.10 Å². The van der Waals surface area contributed by atoms with Crippen molar-refractivity contribution in [1.29, 1.82) is 0 Å². The average molecular weight is 192 g/mol. The van der Waals surface area contributed by atoms with Crippen molar-refractivity contribution in [3.8, 4) is 0 Å². The van der Waals surface area contributed by atoms with Gasteiger partial charge in [0.2, 0.25) is 0 Å². The van der Waals surface area contributed by atoms with E-state index in [1.807, 2.05) is 6.92 Å². The third-order valence-electron chi connectivity index (χ3n) is 2.19. The highest BCUT2D eigenvalue weighted by Gasteiger charge is 2.15. The molecule has 74 valence electrons. The summed E-state index contributed by atoms with van der Waals surface area (Å²) in [6.45, 7) is 2.73. The maximum absolute atomic E-state index is 9.96. The minimum atomic E-state index is -0.656. The van der Waals surface area contributed by atoms with Crippen LogP contribution in [0.4, 0.5) is 0 Å². The van der Waals surface area contributed by atoms with Crippen molar-refractivity contribution in [2.24, 2.45) is 0 Å². The van der Waals surface area contributed by atoms with Gasteiger partial charge in [0.05, 0.1) is 18.2 Å². The Bertz CT molecular complexity index is 392. The molecule has 4 nitrogen and oxygen atoms in total. The second-order valence-electron chi connectivity index (χ2n) is 3.03. The van der Waals surface area contributed by atoms with Gasteiger partial charge in [-0.2, -0.15) is 5.10 Å². The molecule has 0 bridgehead atoms. The van der Waals surface area contributed by atoms with E-state index in [1.54, 1.807) is 29.3 Å². The van der Waals surface area contributed by atoms with Crippen molar-refractivity contribution < 1.29 is 9.52 Å². The van der Waals surface area contributed by atoms with Gasteiger partial charge in [0.15, 0.2) is 0 Å². The van der Waals surface area contributed by atoms with Gasteiger partial charge in [0, 0.05) is 18.3 Å². The molecule has 2 rings (SSSR count). The standard InChI is InChI=1S/C10H12N2O2/c1-2-12-9(3-5-11-12)10(13)8-4-6-14-7-8/h3-7,10,13H,2H2,1H3. The molecule has 1 unspecified atom stereocenters. The van der Waals surface area contributed by atoms with Gasteiger partial charge in [-0.05, 0) is 19.1 Å². The molecule has 1 atom stereocenters. The van der Waals surface area contributed by atoms with Crippen LogP contribution in [0.25, 0.3) is 0 Å². The summed E-state index contributed by atoms with van der Waals surface area (Å²) in [5.41, 5.74) is 1.54. The molecular weight excluding hydrogens is 180 g/mol. The zero-order chi connectivity index (χ0) is 9.97. The van der Waals surface area contributed by atoms with Gasteiger partial charge in [-0.3, -0.25) is 4.68 Å². The third kappa shape index (κ3) is 1.44. The molecule has 0 aliphatic carbocycles. The van der Waals surface area contributed by atoms with Crippen molar-refractivity contribution in [3.63, 3.8) is 0 Å². The Hall–Kier alpha value is -1.55. The van der Waals surface area contributed by atoms with E-state index in [0.717, 1.165) is 17.8 Å². The van der Waals surface area contributed by atoms with Crippen LogP contribution in [0.1, 0.15) is 24.3 Å². The summed E-state index contributed by atoms with van der Waals surface area (Å²) in [7, 11) is 0. The van der Waals surface area contributed by atoms with Gasteiger partial charge in [-0.1, -0.05) is 0 Å². The first-order valence-corrected chi connectivity index (χ1v) is 4.54. The van der Waals surface area contributed by atoms with E-state index in [9.17, 15) is 5.11 Å². The molecule has 0 aromatic carbocycles. The van der Waals surface area contributed by atoms with E-state index >= 15 is 0 Å². The summed E-state index contributed by atoms with van der Waals surface area (Å²) in [6, 6.07) is 3.55. The molecule has 0 aliphatic heterocycles. The summed E-state index contributed by atoms with van der Waals surface area (Å²) in [5.74, 6) is 0. The number of aliphatic hydroxyl groups is 1. The fourth-order valence-electron chi connectivity index (χ4n) is 1.44. The lowest BCUT2D eigenvalue weighted by molar-refractivity contribution is 0.207. The Morgan fingerprint density at radius 3 is 3.07 bits per heavy atom. The Morgan fingerprint density at radius 2 is 2.43 bits per heavy atom. The molecule has 0 radical (unpaired) electrons. The number of aryl methyl sites for hydroxylation is 1. The monoisotopic (exact) mass is 192 g/mol. The Labute approximate surface area is 81.8 Å². The Kier molecular flexibility index (Phi) is 2.37. The molecule has 0 fully saturated rings. The van der Waals surface area contributed by atoms with Gasteiger partial charge < -0.3 is 9.52 Å². The number of hydrogen-bond donors (Lipinski definition) is 1. The lowest BCUT2D eigenvalue weighted by atomic mass is 10.1. The zero-order valence-corrected chi connectivity index (χ0v) is 7.92. The van der Waals surface area contributed by atoms with Crippen molar-refractivity contribution in [1.82, 2.24) is 9.78 Å². The van der Waals surface area contributed by atoms with Crippen LogP contribution in [0.3, 0.4) is 0 Å². The number of aromatic nitrogens is 2. The molecule has 2 heterocycles. The number of nitrogens with zero attached hydrogens (tertiary/aromatic N) is 2. The molecule has 1 N–H and O–H groups in total. The van der Waals surface area contributed by atoms with Crippen LogP contribution in [0.15, 0.2) is 35.3 Å². The van der Waals surface area contributed by atoms with Crippen LogP contribution in [0.5, 0.6) is 0 Å². The van der Waals surface area contributed by atoms with Crippen LogP contribution in [0, 0.1) is 0 Å². The maximum Gasteiger partial charge on any atom is 0.124 e. The summed E-state index contributed by atoms with van der Waals surface area (Å²) in [5, 5.41) is 14.1. The van der Waals surface area contributed by atoms with Gasteiger partial charge in [-0.25, -0.2) is 0 Å². The maximum atomic E-state index is 9.96. The van der Waals surface area contributed by atoms with E-state index < -0.39 is 6.10 Å². The van der Waals surface area contributed by atoms with E-state index in [0.29, 0.717) is 0 Å². The predicted octanol–water partition coefficient (Wildman–Crippen LogP) is 1.58. The molecule has 2 aromatic heterocycles. The lowest BCUT2D eigenvalue weighted by Crippen LogP contribution is -2.08. The van der Waals surface area contributed by atoms with Gasteiger partial charge in [0.25, 0.3) is 0 Å². The topological polar surface area (TPSA) is 51.2 Å². The SMILES string of the molecule is CCn1nccc1C(O)c1ccoc1. The molecule has 0 amide bonds. The normalized spacial score (nSPS) is 13.0. The quantitative estimate of drug-likeness (QED) is 0.803. The number of hydrogen-bond acceptors (Lipinski definition) is 3. The smallest absolute Gasteiger partial charge is 0.124 e. The van der Waals surface area contributed by atoms with Crippen molar-refractivity contribution in [3.05, 3.63) is 42.1 Å². The molecule has 0 saturated heterocycles. The van der Waals surface area contributed by atoms with Crippen LogP contribution >= 0.6 is 0 Å². The van der Waals surface area contributed by atoms with Gasteiger partial charge in [-0.15, -0.1) is 0 Å². The fraction of sp³-hybridized carbons (Fsp3) is 0.300. The van der Waals surface area contributed by atoms with Crippen LogP contribution in [-0.2, 0) is 6.54 Å². The highest BCUT2D eigenvalue weighted by atomic mass is 16.3. The van der Waals surface area contributed by atoms with E-state index in [2.05, 4.69) is 5.10 Å². The largest absolute Gasteiger partial charge is 0.472 e.